The smallest absolute Gasteiger partial charge is 0.326 e. The summed E-state index contributed by atoms with van der Waals surface area (Å²) in [5, 5.41) is 9.13. The molecule has 0 aliphatic carbocycles. The summed E-state index contributed by atoms with van der Waals surface area (Å²) in [5.41, 5.74) is 5.61. The Morgan fingerprint density at radius 1 is 1.41 bits per heavy atom. The standard InChI is InChI=1S/C12H22N2O3/c1-8(2)9(7-13)11(15)14-6-4-3-5-10(14)12(16)17/h8-10H,3-7,13H2,1-2H3,(H,16,17)/t9?,10-/m0/s1. The van der Waals surface area contributed by atoms with Gasteiger partial charge in [0, 0.05) is 13.1 Å². The Bertz CT molecular complexity index is 291. The lowest BCUT2D eigenvalue weighted by atomic mass is 9.92. The molecule has 1 heterocycles. The van der Waals surface area contributed by atoms with Crippen molar-refractivity contribution in [3.05, 3.63) is 0 Å². The molecule has 1 rings (SSSR count). The highest BCUT2D eigenvalue weighted by Gasteiger charge is 2.35. The van der Waals surface area contributed by atoms with E-state index in [-0.39, 0.29) is 24.3 Å². The van der Waals surface area contributed by atoms with Crippen LogP contribution in [0.4, 0.5) is 0 Å². The molecule has 0 aromatic carbocycles. The van der Waals surface area contributed by atoms with Crippen LogP contribution in [0.3, 0.4) is 0 Å². The molecule has 1 amide bonds. The zero-order valence-electron chi connectivity index (χ0n) is 10.6. The van der Waals surface area contributed by atoms with Crippen LogP contribution in [0, 0.1) is 11.8 Å². The Kier molecular flexibility index (Phi) is 4.93. The number of nitrogens with two attached hydrogens (primary N) is 1. The number of piperidine rings is 1. The quantitative estimate of drug-likeness (QED) is 0.759. The lowest BCUT2D eigenvalue weighted by Crippen LogP contribution is -2.52. The summed E-state index contributed by atoms with van der Waals surface area (Å²) in [6.45, 7) is 4.70. The van der Waals surface area contributed by atoms with Crippen molar-refractivity contribution in [1.29, 1.82) is 0 Å². The third-order valence-corrected chi connectivity index (χ3v) is 3.45. The zero-order chi connectivity index (χ0) is 13.0. The second kappa shape index (κ2) is 6.00. The van der Waals surface area contributed by atoms with Gasteiger partial charge in [0.2, 0.25) is 5.91 Å². The van der Waals surface area contributed by atoms with Crippen LogP contribution >= 0.6 is 0 Å². The predicted octanol–water partition coefficient (Wildman–Crippen LogP) is 0.683. The first kappa shape index (κ1) is 14.0. The SMILES string of the molecule is CC(C)C(CN)C(=O)N1CCCC[C@H]1C(=O)O. The number of carboxylic acids is 1. The maximum Gasteiger partial charge on any atom is 0.326 e. The van der Waals surface area contributed by atoms with Gasteiger partial charge in [0.1, 0.15) is 6.04 Å². The predicted molar refractivity (Wildman–Crippen MR) is 64.4 cm³/mol. The lowest BCUT2D eigenvalue weighted by molar-refractivity contribution is -0.154. The van der Waals surface area contributed by atoms with E-state index in [9.17, 15) is 9.59 Å². The van der Waals surface area contributed by atoms with Crippen molar-refractivity contribution >= 4 is 11.9 Å². The van der Waals surface area contributed by atoms with E-state index in [1.165, 1.54) is 4.90 Å². The molecule has 5 heteroatoms. The second-order valence-electron chi connectivity index (χ2n) is 4.97. The van der Waals surface area contributed by atoms with E-state index < -0.39 is 12.0 Å². The molecule has 1 aliphatic heterocycles. The lowest BCUT2D eigenvalue weighted by Gasteiger charge is -2.36. The Morgan fingerprint density at radius 3 is 2.53 bits per heavy atom. The average molecular weight is 242 g/mol. The van der Waals surface area contributed by atoms with Gasteiger partial charge in [-0.15, -0.1) is 0 Å². The maximum atomic E-state index is 12.3. The number of carbonyl (C=O) groups excluding carboxylic acids is 1. The van der Waals surface area contributed by atoms with Gasteiger partial charge >= 0.3 is 5.97 Å². The van der Waals surface area contributed by atoms with Crippen molar-refractivity contribution in [2.24, 2.45) is 17.6 Å². The molecule has 1 fully saturated rings. The third kappa shape index (κ3) is 3.19. The first-order chi connectivity index (χ1) is 7.99. The highest BCUT2D eigenvalue weighted by atomic mass is 16.4. The van der Waals surface area contributed by atoms with E-state index in [0.717, 1.165) is 12.8 Å². The van der Waals surface area contributed by atoms with Gasteiger partial charge < -0.3 is 15.7 Å². The normalized spacial score (nSPS) is 22.6. The number of carbonyl (C=O) groups is 2. The highest BCUT2D eigenvalue weighted by Crippen LogP contribution is 2.22. The zero-order valence-corrected chi connectivity index (χ0v) is 10.6. The summed E-state index contributed by atoms with van der Waals surface area (Å²) in [4.78, 5) is 24.9. The molecule has 2 atom stereocenters. The van der Waals surface area contributed by atoms with Gasteiger partial charge in [-0.3, -0.25) is 4.79 Å². The van der Waals surface area contributed by atoms with Gasteiger partial charge in [-0.25, -0.2) is 4.79 Å². The Morgan fingerprint density at radius 2 is 2.06 bits per heavy atom. The monoisotopic (exact) mass is 242 g/mol. The third-order valence-electron chi connectivity index (χ3n) is 3.45. The van der Waals surface area contributed by atoms with E-state index in [1.807, 2.05) is 13.8 Å². The summed E-state index contributed by atoms with van der Waals surface area (Å²) in [7, 11) is 0. The van der Waals surface area contributed by atoms with E-state index in [4.69, 9.17) is 10.8 Å². The number of hydrogen-bond acceptors (Lipinski definition) is 3. The Hall–Kier alpha value is -1.10. The number of amides is 1. The van der Waals surface area contributed by atoms with E-state index in [1.54, 1.807) is 0 Å². The van der Waals surface area contributed by atoms with Gasteiger partial charge in [-0.1, -0.05) is 13.8 Å². The van der Waals surface area contributed by atoms with E-state index >= 15 is 0 Å². The van der Waals surface area contributed by atoms with Gasteiger partial charge in [0.15, 0.2) is 0 Å². The number of hydrogen-bond donors (Lipinski definition) is 2. The molecule has 1 saturated heterocycles. The number of nitrogens with zero attached hydrogens (tertiary/aromatic N) is 1. The number of rotatable bonds is 4. The fraction of sp³-hybridized carbons (Fsp3) is 0.833. The molecule has 0 saturated carbocycles. The first-order valence-corrected chi connectivity index (χ1v) is 6.22. The van der Waals surface area contributed by atoms with Gasteiger partial charge in [-0.2, -0.15) is 0 Å². The minimum atomic E-state index is -0.905. The molecular formula is C12H22N2O3. The Labute approximate surface area is 102 Å². The van der Waals surface area contributed by atoms with Crippen LogP contribution < -0.4 is 5.73 Å². The van der Waals surface area contributed by atoms with Crippen molar-refractivity contribution in [1.82, 2.24) is 4.90 Å². The minimum absolute atomic E-state index is 0.102. The fourth-order valence-electron chi connectivity index (χ4n) is 2.32. The molecule has 5 nitrogen and oxygen atoms in total. The maximum absolute atomic E-state index is 12.3. The minimum Gasteiger partial charge on any atom is -0.480 e. The highest BCUT2D eigenvalue weighted by molar-refractivity contribution is 5.85. The van der Waals surface area contributed by atoms with Crippen LogP contribution in [0.1, 0.15) is 33.1 Å². The summed E-state index contributed by atoms with van der Waals surface area (Å²) < 4.78 is 0. The molecule has 0 aromatic rings. The summed E-state index contributed by atoms with van der Waals surface area (Å²) in [5.74, 6) is -1.13. The first-order valence-electron chi connectivity index (χ1n) is 6.22. The largest absolute Gasteiger partial charge is 0.480 e. The number of carboxylic acid groups (broad SMARTS) is 1. The summed E-state index contributed by atoms with van der Waals surface area (Å²) >= 11 is 0. The van der Waals surface area contributed by atoms with Crippen LogP contribution in [0.5, 0.6) is 0 Å². The van der Waals surface area contributed by atoms with Crippen LogP contribution in [-0.4, -0.2) is 41.0 Å². The molecule has 0 spiro atoms. The molecule has 98 valence electrons. The molecule has 3 N–H and O–H groups in total. The van der Waals surface area contributed by atoms with Crippen molar-refractivity contribution in [3.63, 3.8) is 0 Å². The van der Waals surface area contributed by atoms with Crippen LogP contribution in [0.25, 0.3) is 0 Å². The average Bonchev–Trinajstić information content (AvgIpc) is 2.29. The number of likely N-dealkylation sites (tertiary alicyclic amines) is 1. The molecule has 0 bridgehead atoms. The second-order valence-corrected chi connectivity index (χ2v) is 4.97. The van der Waals surface area contributed by atoms with Crippen LogP contribution in [0.15, 0.2) is 0 Å². The van der Waals surface area contributed by atoms with Crippen molar-refractivity contribution < 1.29 is 14.7 Å². The van der Waals surface area contributed by atoms with Crippen molar-refractivity contribution in [2.45, 2.75) is 39.2 Å². The van der Waals surface area contributed by atoms with E-state index in [2.05, 4.69) is 0 Å². The topological polar surface area (TPSA) is 83.6 Å². The molecule has 17 heavy (non-hydrogen) atoms. The molecular weight excluding hydrogens is 220 g/mol. The number of aliphatic carboxylic acids is 1. The molecule has 1 unspecified atom stereocenters. The van der Waals surface area contributed by atoms with Crippen LogP contribution in [-0.2, 0) is 9.59 Å². The van der Waals surface area contributed by atoms with Gasteiger partial charge in [0.05, 0.1) is 5.92 Å². The molecule has 0 radical (unpaired) electrons. The molecule has 1 aliphatic rings. The van der Waals surface area contributed by atoms with Gasteiger partial charge in [-0.05, 0) is 25.2 Å². The van der Waals surface area contributed by atoms with Crippen molar-refractivity contribution in [2.75, 3.05) is 13.1 Å². The Balaban J connectivity index is 2.80. The van der Waals surface area contributed by atoms with Crippen LogP contribution in [0.2, 0.25) is 0 Å². The van der Waals surface area contributed by atoms with E-state index in [0.29, 0.717) is 13.0 Å². The fourth-order valence-corrected chi connectivity index (χ4v) is 2.32. The van der Waals surface area contributed by atoms with Crippen molar-refractivity contribution in [3.8, 4) is 0 Å². The summed E-state index contributed by atoms with van der Waals surface area (Å²) in [6, 6.07) is -0.663. The van der Waals surface area contributed by atoms with Gasteiger partial charge in [0.25, 0.3) is 0 Å². The summed E-state index contributed by atoms with van der Waals surface area (Å²) in [6.07, 6.45) is 2.30. The molecule has 0 aromatic heterocycles.